The predicted molar refractivity (Wildman–Crippen MR) is 87.9 cm³/mol. The standard InChI is InChI=1S/C16H26N2O4S/c19-16-13-23(20,21)12-15(16)18(11-14-5-4-10-22-14)9-8-17-6-2-1-3-7-17/h4-5,10,15-16,19H,1-3,6-9,11-13H2. The second-order valence-corrected chi connectivity index (χ2v) is 8.82. The van der Waals surface area contributed by atoms with Gasteiger partial charge in [-0.2, -0.15) is 0 Å². The van der Waals surface area contributed by atoms with Crippen molar-refractivity contribution in [1.29, 1.82) is 0 Å². The Bertz CT molecular complexity index is 581. The van der Waals surface area contributed by atoms with Crippen molar-refractivity contribution in [3.8, 4) is 0 Å². The zero-order valence-corrected chi connectivity index (χ0v) is 14.2. The van der Waals surface area contributed by atoms with Gasteiger partial charge in [0.1, 0.15) is 5.76 Å². The van der Waals surface area contributed by atoms with Gasteiger partial charge in [0.15, 0.2) is 9.84 Å². The van der Waals surface area contributed by atoms with Gasteiger partial charge in [0, 0.05) is 13.1 Å². The molecule has 2 atom stereocenters. The maximum atomic E-state index is 11.8. The van der Waals surface area contributed by atoms with Gasteiger partial charge in [-0.25, -0.2) is 8.42 Å². The molecule has 0 saturated carbocycles. The average Bonchev–Trinajstić information content (AvgIpc) is 3.11. The molecule has 1 N–H and O–H groups in total. The van der Waals surface area contributed by atoms with E-state index in [2.05, 4.69) is 9.80 Å². The number of nitrogens with zero attached hydrogens (tertiary/aromatic N) is 2. The summed E-state index contributed by atoms with van der Waals surface area (Å²) < 4.78 is 29.1. The van der Waals surface area contributed by atoms with Crippen LogP contribution in [0.2, 0.25) is 0 Å². The van der Waals surface area contributed by atoms with E-state index in [0.29, 0.717) is 6.54 Å². The summed E-state index contributed by atoms with van der Waals surface area (Å²) in [6, 6.07) is 3.39. The van der Waals surface area contributed by atoms with Crippen molar-refractivity contribution in [2.75, 3.05) is 37.7 Å². The number of sulfone groups is 1. The van der Waals surface area contributed by atoms with Gasteiger partial charge in [0.25, 0.3) is 0 Å². The van der Waals surface area contributed by atoms with Crippen LogP contribution in [0.5, 0.6) is 0 Å². The van der Waals surface area contributed by atoms with Crippen molar-refractivity contribution in [2.24, 2.45) is 0 Å². The first-order valence-electron chi connectivity index (χ1n) is 8.41. The molecule has 0 aliphatic carbocycles. The molecule has 2 fully saturated rings. The van der Waals surface area contributed by atoms with E-state index in [-0.39, 0.29) is 17.5 Å². The van der Waals surface area contributed by atoms with E-state index in [1.165, 1.54) is 19.3 Å². The highest BCUT2D eigenvalue weighted by molar-refractivity contribution is 7.91. The fourth-order valence-corrected chi connectivity index (χ4v) is 5.41. The molecule has 2 unspecified atom stereocenters. The van der Waals surface area contributed by atoms with Gasteiger partial charge < -0.3 is 14.4 Å². The first kappa shape index (κ1) is 17.0. The molecule has 130 valence electrons. The predicted octanol–water partition coefficient (Wildman–Crippen LogP) is 0.725. The van der Waals surface area contributed by atoms with E-state index in [4.69, 9.17) is 4.42 Å². The molecule has 6 nitrogen and oxygen atoms in total. The molecular formula is C16H26N2O4S. The van der Waals surface area contributed by atoms with E-state index in [0.717, 1.165) is 31.9 Å². The van der Waals surface area contributed by atoms with Crippen LogP contribution in [0.3, 0.4) is 0 Å². The Morgan fingerprint density at radius 1 is 1.26 bits per heavy atom. The van der Waals surface area contributed by atoms with Gasteiger partial charge in [0.05, 0.1) is 36.5 Å². The normalized spacial score (nSPS) is 28.4. The zero-order valence-electron chi connectivity index (χ0n) is 13.4. The summed E-state index contributed by atoms with van der Waals surface area (Å²) in [5.74, 6) is 0.713. The number of likely N-dealkylation sites (tertiary alicyclic amines) is 1. The van der Waals surface area contributed by atoms with Gasteiger partial charge in [-0.15, -0.1) is 0 Å². The monoisotopic (exact) mass is 342 g/mol. The van der Waals surface area contributed by atoms with Crippen LogP contribution in [0.15, 0.2) is 22.8 Å². The van der Waals surface area contributed by atoms with Gasteiger partial charge in [-0.1, -0.05) is 6.42 Å². The Morgan fingerprint density at radius 2 is 2.04 bits per heavy atom. The molecule has 0 bridgehead atoms. The number of piperidine rings is 1. The molecule has 1 aromatic rings. The van der Waals surface area contributed by atoms with Crippen LogP contribution in [-0.2, 0) is 16.4 Å². The number of aliphatic hydroxyl groups excluding tert-OH is 1. The third-order valence-electron chi connectivity index (χ3n) is 4.85. The molecule has 0 radical (unpaired) electrons. The fourth-order valence-electron chi connectivity index (χ4n) is 3.58. The molecule has 2 saturated heterocycles. The van der Waals surface area contributed by atoms with Gasteiger partial charge in [-0.05, 0) is 38.1 Å². The zero-order chi connectivity index (χ0) is 16.3. The summed E-state index contributed by atoms with van der Waals surface area (Å²) in [5, 5.41) is 10.2. The topological polar surface area (TPSA) is 74.0 Å². The van der Waals surface area contributed by atoms with Gasteiger partial charge >= 0.3 is 0 Å². The summed E-state index contributed by atoms with van der Waals surface area (Å²) in [6.45, 7) is 4.42. The van der Waals surface area contributed by atoms with Gasteiger partial charge in [-0.3, -0.25) is 4.90 Å². The lowest BCUT2D eigenvalue weighted by molar-refractivity contribution is 0.0635. The number of rotatable bonds is 6. The summed E-state index contributed by atoms with van der Waals surface area (Å²) in [5.41, 5.74) is 0. The van der Waals surface area contributed by atoms with Crippen molar-refractivity contribution in [2.45, 2.75) is 38.0 Å². The number of furan rings is 1. The second-order valence-electron chi connectivity index (χ2n) is 6.66. The Labute approximate surface area is 138 Å². The first-order valence-corrected chi connectivity index (χ1v) is 10.2. The molecule has 3 rings (SSSR count). The minimum atomic E-state index is -3.15. The largest absolute Gasteiger partial charge is 0.468 e. The Hall–Kier alpha value is -0.890. The quantitative estimate of drug-likeness (QED) is 0.821. The van der Waals surface area contributed by atoms with Crippen LogP contribution in [0.4, 0.5) is 0 Å². The second kappa shape index (κ2) is 7.34. The molecule has 1 aromatic heterocycles. The molecule has 0 spiro atoms. The van der Waals surface area contributed by atoms with Crippen LogP contribution in [0.1, 0.15) is 25.0 Å². The molecule has 23 heavy (non-hydrogen) atoms. The first-order chi connectivity index (χ1) is 11.0. The summed E-state index contributed by atoms with van der Waals surface area (Å²) in [7, 11) is -3.15. The lowest BCUT2D eigenvalue weighted by atomic mass is 10.1. The SMILES string of the molecule is O=S1(=O)CC(O)C(N(CCN2CCCCC2)Cc2ccco2)C1. The third-order valence-corrected chi connectivity index (χ3v) is 6.55. The highest BCUT2D eigenvalue weighted by atomic mass is 32.2. The van der Waals surface area contributed by atoms with Crippen LogP contribution in [0, 0.1) is 0 Å². The van der Waals surface area contributed by atoms with Crippen LogP contribution < -0.4 is 0 Å². The number of hydrogen-bond donors (Lipinski definition) is 1. The summed E-state index contributed by atoms with van der Waals surface area (Å²) >= 11 is 0. The van der Waals surface area contributed by atoms with E-state index >= 15 is 0 Å². The molecule has 0 amide bonds. The van der Waals surface area contributed by atoms with E-state index < -0.39 is 15.9 Å². The van der Waals surface area contributed by atoms with Crippen molar-refractivity contribution in [3.63, 3.8) is 0 Å². The van der Waals surface area contributed by atoms with E-state index in [9.17, 15) is 13.5 Å². The Balaban J connectivity index is 1.65. The average molecular weight is 342 g/mol. The molecule has 3 heterocycles. The minimum absolute atomic E-state index is 0.0366. The van der Waals surface area contributed by atoms with Crippen molar-refractivity contribution < 1.29 is 17.9 Å². The van der Waals surface area contributed by atoms with Crippen LogP contribution in [0.25, 0.3) is 0 Å². The van der Waals surface area contributed by atoms with Crippen molar-refractivity contribution in [3.05, 3.63) is 24.2 Å². The maximum Gasteiger partial charge on any atom is 0.154 e. The highest BCUT2D eigenvalue weighted by Gasteiger charge is 2.40. The van der Waals surface area contributed by atoms with Crippen molar-refractivity contribution in [1.82, 2.24) is 9.80 Å². The fraction of sp³-hybridized carbons (Fsp3) is 0.750. The number of aliphatic hydroxyl groups is 1. The molecule has 7 heteroatoms. The smallest absolute Gasteiger partial charge is 0.154 e. The lowest BCUT2D eigenvalue weighted by Crippen LogP contribution is -2.46. The van der Waals surface area contributed by atoms with Gasteiger partial charge in [0.2, 0.25) is 0 Å². The summed E-state index contributed by atoms with van der Waals surface area (Å²) in [4.78, 5) is 4.50. The molecular weight excluding hydrogens is 316 g/mol. The summed E-state index contributed by atoms with van der Waals surface area (Å²) in [6.07, 6.45) is 4.58. The molecule has 2 aliphatic heterocycles. The Morgan fingerprint density at radius 3 is 2.65 bits per heavy atom. The lowest BCUT2D eigenvalue weighted by Gasteiger charge is -2.33. The van der Waals surface area contributed by atoms with Crippen LogP contribution >= 0.6 is 0 Å². The van der Waals surface area contributed by atoms with Crippen LogP contribution in [-0.4, -0.2) is 73.2 Å². The molecule has 2 aliphatic rings. The molecule has 0 aromatic carbocycles. The third kappa shape index (κ3) is 4.56. The minimum Gasteiger partial charge on any atom is -0.468 e. The van der Waals surface area contributed by atoms with E-state index in [1.54, 1.807) is 6.26 Å². The number of hydrogen-bond acceptors (Lipinski definition) is 6. The Kier molecular flexibility index (Phi) is 5.41. The maximum absolute atomic E-state index is 11.8. The van der Waals surface area contributed by atoms with Crippen molar-refractivity contribution >= 4 is 9.84 Å². The van der Waals surface area contributed by atoms with E-state index in [1.807, 2.05) is 12.1 Å². The highest BCUT2D eigenvalue weighted by Crippen LogP contribution is 2.21.